The van der Waals surface area contributed by atoms with E-state index in [1.807, 2.05) is 12.4 Å². The fourth-order valence-corrected chi connectivity index (χ4v) is 2.56. The van der Waals surface area contributed by atoms with Gasteiger partial charge in [0.05, 0.1) is 0 Å². The van der Waals surface area contributed by atoms with Crippen LogP contribution in [0.15, 0.2) is 85.2 Å². The van der Waals surface area contributed by atoms with E-state index in [2.05, 4.69) is 82.7 Å². The summed E-state index contributed by atoms with van der Waals surface area (Å²) in [5.74, 6) is 0. The molecule has 0 bridgehead atoms. The third-order valence-electron chi connectivity index (χ3n) is 3.76. The summed E-state index contributed by atoms with van der Waals surface area (Å²) in [5, 5.41) is 0. The number of benzene rings is 2. The van der Waals surface area contributed by atoms with Crippen molar-refractivity contribution in [3.8, 4) is 0 Å². The van der Waals surface area contributed by atoms with Gasteiger partial charge in [0.1, 0.15) is 0 Å². The normalized spacial score (nSPS) is 10.4. The van der Waals surface area contributed by atoms with E-state index >= 15 is 0 Å². The van der Waals surface area contributed by atoms with E-state index in [1.54, 1.807) is 0 Å². The Kier molecular flexibility index (Phi) is 4.83. The minimum absolute atomic E-state index is 0.927. The van der Waals surface area contributed by atoms with Gasteiger partial charge in [0, 0.05) is 31.2 Å². The molecular weight excluding hydrogens is 268 g/mol. The number of pyridine rings is 1. The van der Waals surface area contributed by atoms with E-state index in [1.165, 1.54) is 16.8 Å². The number of rotatable bonds is 6. The molecular formula is C20H20N2. The summed E-state index contributed by atoms with van der Waals surface area (Å²) >= 11 is 0. The summed E-state index contributed by atoms with van der Waals surface area (Å²) in [5.41, 5.74) is 3.92. The van der Waals surface area contributed by atoms with E-state index in [0.717, 1.165) is 19.5 Å². The van der Waals surface area contributed by atoms with Crippen LogP contribution in [0.3, 0.4) is 0 Å². The van der Waals surface area contributed by atoms with Gasteiger partial charge in [0.25, 0.3) is 0 Å². The van der Waals surface area contributed by atoms with Crippen molar-refractivity contribution < 1.29 is 0 Å². The first-order valence-electron chi connectivity index (χ1n) is 7.64. The maximum Gasteiger partial charge on any atom is 0.0429 e. The average Bonchev–Trinajstić information content (AvgIpc) is 2.61. The highest BCUT2D eigenvalue weighted by Crippen LogP contribution is 2.17. The lowest BCUT2D eigenvalue weighted by molar-refractivity contribution is 0.781. The van der Waals surface area contributed by atoms with Gasteiger partial charge in [0.2, 0.25) is 0 Å². The Balaban J connectivity index is 1.74. The predicted molar refractivity (Wildman–Crippen MR) is 91.9 cm³/mol. The van der Waals surface area contributed by atoms with Crippen LogP contribution in [0.5, 0.6) is 0 Å². The maximum absolute atomic E-state index is 4.08. The molecule has 1 heterocycles. The molecule has 2 aromatic carbocycles. The van der Waals surface area contributed by atoms with Crippen molar-refractivity contribution >= 4 is 5.69 Å². The third kappa shape index (κ3) is 3.95. The molecule has 1 aromatic heterocycles. The highest BCUT2D eigenvalue weighted by Gasteiger charge is 2.07. The number of aromatic nitrogens is 1. The summed E-state index contributed by atoms with van der Waals surface area (Å²) in [7, 11) is 0. The summed E-state index contributed by atoms with van der Waals surface area (Å²) < 4.78 is 0. The molecule has 3 aromatic rings. The number of anilines is 1. The summed E-state index contributed by atoms with van der Waals surface area (Å²) in [4.78, 5) is 6.51. The Labute approximate surface area is 132 Å². The van der Waals surface area contributed by atoms with Crippen LogP contribution >= 0.6 is 0 Å². The van der Waals surface area contributed by atoms with Crippen LogP contribution < -0.4 is 4.90 Å². The van der Waals surface area contributed by atoms with Crippen molar-refractivity contribution in [3.63, 3.8) is 0 Å². The highest BCUT2D eigenvalue weighted by atomic mass is 15.1. The number of hydrogen-bond acceptors (Lipinski definition) is 2. The van der Waals surface area contributed by atoms with E-state index in [0.29, 0.717) is 0 Å². The van der Waals surface area contributed by atoms with Gasteiger partial charge in [-0.3, -0.25) is 4.98 Å². The zero-order valence-corrected chi connectivity index (χ0v) is 12.6. The fourth-order valence-electron chi connectivity index (χ4n) is 2.56. The smallest absolute Gasteiger partial charge is 0.0429 e. The van der Waals surface area contributed by atoms with E-state index in [-0.39, 0.29) is 0 Å². The summed E-state index contributed by atoms with van der Waals surface area (Å²) in [6.07, 6.45) is 4.74. The molecule has 0 radical (unpaired) electrons. The molecule has 22 heavy (non-hydrogen) atoms. The number of para-hydroxylation sites is 1. The van der Waals surface area contributed by atoms with Gasteiger partial charge in [-0.15, -0.1) is 0 Å². The molecule has 0 N–H and O–H groups in total. The van der Waals surface area contributed by atoms with Crippen LogP contribution in [0.2, 0.25) is 0 Å². The molecule has 0 amide bonds. The molecule has 0 aliphatic carbocycles. The first-order chi connectivity index (χ1) is 10.9. The van der Waals surface area contributed by atoms with Crippen LogP contribution in [0.4, 0.5) is 5.69 Å². The molecule has 2 nitrogen and oxygen atoms in total. The number of hydrogen-bond donors (Lipinski definition) is 0. The van der Waals surface area contributed by atoms with Gasteiger partial charge in [0.15, 0.2) is 0 Å². The van der Waals surface area contributed by atoms with Gasteiger partial charge < -0.3 is 4.90 Å². The molecule has 0 unspecified atom stereocenters. The SMILES string of the molecule is c1ccc(CN(CCc2ccncc2)c2ccccc2)cc1. The van der Waals surface area contributed by atoms with Crippen molar-refractivity contribution in [2.75, 3.05) is 11.4 Å². The van der Waals surface area contributed by atoms with Crippen molar-refractivity contribution in [2.45, 2.75) is 13.0 Å². The second-order valence-corrected chi connectivity index (χ2v) is 5.35. The summed E-state index contributed by atoms with van der Waals surface area (Å²) in [6.45, 7) is 1.92. The lowest BCUT2D eigenvalue weighted by Gasteiger charge is -2.25. The van der Waals surface area contributed by atoms with Gasteiger partial charge in [-0.1, -0.05) is 48.5 Å². The van der Waals surface area contributed by atoms with Crippen LogP contribution in [0.25, 0.3) is 0 Å². The van der Waals surface area contributed by atoms with Crippen LogP contribution in [-0.4, -0.2) is 11.5 Å². The van der Waals surface area contributed by atoms with Crippen LogP contribution in [-0.2, 0) is 13.0 Å². The lowest BCUT2D eigenvalue weighted by atomic mass is 10.1. The second-order valence-electron chi connectivity index (χ2n) is 5.35. The zero-order valence-electron chi connectivity index (χ0n) is 12.6. The van der Waals surface area contributed by atoms with E-state index < -0.39 is 0 Å². The predicted octanol–water partition coefficient (Wildman–Crippen LogP) is 4.33. The molecule has 110 valence electrons. The quantitative estimate of drug-likeness (QED) is 0.671. The van der Waals surface area contributed by atoms with Gasteiger partial charge >= 0.3 is 0 Å². The Bertz CT molecular complexity index is 666. The molecule has 0 saturated carbocycles. The maximum atomic E-state index is 4.08. The largest absolute Gasteiger partial charge is 0.367 e. The molecule has 0 saturated heterocycles. The van der Waals surface area contributed by atoms with Crippen LogP contribution in [0.1, 0.15) is 11.1 Å². The lowest BCUT2D eigenvalue weighted by Crippen LogP contribution is -2.25. The van der Waals surface area contributed by atoms with E-state index in [4.69, 9.17) is 0 Å². The van der Waals surface area contributed by atoms with Crippen molar-refractivity contribution in [1.82, 2.24) is 4.98 Å². The standard InChI is InChI=1S/C20H20N2/c1-3-7-19(8-4-1)17-22(20-9-5-2-6-10-20)16-13-18-11-14-21-15-12-18/h1-12,14-15H,13,16-17H2. The van der Waals surface area contributed by atoms with Crippen LogP contribution in [0, 0.1) is 0 Å². The fraction of sp³-hybridized carbons (Fsp3) is 0.150. The minimum atomic E-state index is 0.927. The molecule has 0 fully saturated rings. The first kappa shape index (κ1) is 14.3. The Morgan fingerprint density at radius 1 is 0.682 bits per heavy atom. The molecule has 0 aliphatic rings. The number of nitrogens with zero attached hydrogens (tertiary/aromatic N) is 2. The average molecular weight is 288 g/mol. The monoisotopic (exact) mass is 288 g/mol. The third-order valence-corrected chi connectivity index (χ3v) is 3.76. The zero-order chi connectivity index (χ0) is 15.0. The van der Waals surface area contributed by atoms with Gasteiger partial charge in [-0.25, -0.2) is 0 Å². The Hall–Kier alpha value is -2.61. The van der Waals surface area contributed by atoms with Crippen molar-refractivity contribution in [2.24, 2.45) is 0 Å². The first-order valence-corrected chi connectivity index (χ1v) is 7.64. The Morgan fingerprint density at radius 2 is 1.32 bits per heavy atom. The van der Waals surface area contributed by atoms with Crippen molar-refractivity contribution in [1.29, 1.82) is 0 Å². The van der Waals surface area contributed by atoms with Gasteiger partial charge in [-0.05, 0) is 41.8 Å². The molecule has 0 spiro atoms. The minimum Gasteiger partial charge on any atom is -0.367 e. The van der Waals surface area contributed by atoms with Crippen molar-refractivity contribution in [3.05, 3.63) is 96.3 Å². The topological polar surface area (TPSA) is 16.1 Å². The molecule has 3 rings (SSSR count). The molecule has 0 atom stereocenters. The highest BCUT2D eigenvalue weighted by molar-refractivity contribution is 5.46. The second kappa shape index (κ2) is 7.41. The van der Waals surface area contributed by atoms with Gasteiger partial charge in [-0.2, -0.15) is 0 Å². The Morgan fingerprint density at radius 3 is 2.00 bits per heavy atom. The molecule has 0 aliphatic heterocycles. The van der Waals surface area contributed by atoms with E-state index in [9.17, 15) is 0 Å². The summed E-state index contributed by atoms with van der Waals surface area (Å²) in [6, 6.07) is 25.4. The molecule has 2 heteroatoms.